The van der Waals surface area contributed by atoms with E-state index in [1.807, 2.05) is 36.5 Å². The van der Waals surface area contributed by atoms with Gasteiger partial charge in [-0.05, 0) is 30.3 Å². The van der Waals surface area contributed by atoms with Gasteiger partial charge in [0.05, 0.1) is 11.6 Å². The minimum absolute atomic E-state index is 0.0816. The van der Waals surface area contributed by atoms with E-state index in [1.165, 1.54) is 0 Å². The summed E-state index contributed by atoms with van der Waals surface area (Å²) in [5.74, 6) is 0.766. The number of aliphatic hydroxyl groups is 1. The van der Waals surface area contributed by atoms with Crippen LogP contribution >= 0.6 is 0 Å². The van der Waals surface area contributed by atoms with Crippen LogP contribution in [-0.2, 0) is 0 Å². The van der Waals surface area contributed by atoms with E-state index in [0.717, 1.165) is 5.69 Å². The van der Waals surface area contributed by atoms with Crippen molar-refractivity contribution in [1.82, 2.24) is 5.32 Å². The van der Waals surface area contributed by atoms with Gasteiger partial charge in [-0.25, -0.2) is 4.99 Å². The van der Waals surface area contributed by atoms with Crippen molar-refractivity contribution in [2.75, 3.05) is 11.9 Å². The minimum Gasteiger partial charge on any atom is -0.490 e. The van der Waals surface area contributed by atoms with Gasteiger partial charge in [0.1, 0.15) is 24.5 Å². The standard InChI is InChI=1S/C18H15N5O2/c19-9-12-6-7-16-14(8-12)17(15(24)10-25-16)23-18(21-11-20)22-13-4-2-1-3-5-13/h1-8,15,17,24H,10H2,(H2,21,22,23)/t15-,17-/m1/s1. The van der Waals surface area contributed by atoms with Crippen LogP contribution in [0.2, 0.25) is 0 Å². The van der Waals surface area contributed by atoms with E-state index in [2.05, 4.69) is 21.7 Å². The van der Waals surface area contributed by atoms with Crippen molar-refractivity contribution in [2.24, 2.45) is 4.99 Å². The van der Waals surface area contributed by atoms with Gasteiger partial charge in [0, 0.05) is 11.3 Å². The normalized spacial score (nSPS) is 18.9. The van der Waals surface area contributed by atoms with Gasteiger partial charge in [0.25, 0.3) is 0 Å². The third-order valence-electron chi connectivity index (χ3n) is 3.71. The number of guanidine groups is 1. The van der Waals surface area contributed by atoms with Gasteiger partial charge in [0.15, 0.2) is 6.19 Å². The topological polar surface area (TPSA) is 113 Å². The number of nitriles is 2. The van der Waals surface area contributed by atoms with Crippen molar-refractivity contribution >= 4 is 11.6 Å². The van der Waals surface area contributed by atoms with Gasteiger partial charge in [0.2, 0.25) is 5.96 Å². The predicted molar refractivity (Wildman–Crippen MR) is 91.6 cm³/mol. The Morgan fingerprint density at radius 2 is 2.00 bits per heavy atom. The molecule has 3 rings (SSSR count). The first kappa shape index (κ1) is 16.3. The van der Waals surface area contributed by atoms with Crippen LogP contribution in [0.1, 0.15) is 17.2 Å². The van der Waals surface area contributed by atoms with E-state index in [-0.39, 0.29) is 12.6 Å². The van der Waals surface area contributed by atoms with Crippen LogP contribution in [-0.4, -0.2) is 23.8 Å². The third-order valence-corrected chi connectivity index (χ3v) is 3.71. The molecule has 0 aromatic heterocycles. The number of aliphatic hydroxyl groups excluding tert-OH is 1. The molecule has 7 heteroatoms. The lowest BCUT2D eigenvalue weighted by Crippen LogP contribution is -2.34. The molecule has 2 aromatic carbocycles. The average molecular weight is 333 g/mol. The highest BCUT2D eigenvalue weighted by Crippen LogP contribution is 2.35. The lowest BCUT2D eigenvalue weighted by Gasteiger charge is -2.28. The molecule has 0 saturated carbocycles. The summed E-state index contributed by atoms with van der Waals surface area (Å²) >= 11 is 0. The van der Waals surface area contributed by atoms with Crippen LogP contribution in [0.3, 0.4) is 0 Å². The molecule has 2 aromatic rings. The first-order valence-electron chi connectivity index (χ1n) is 7.61. The van der Waals surface area contributed by atoms with Crippen molar-refractivity contribution in [2.45, 2.75) is 12.1 Å². The Hall–Kier alpha value is -3.55. The molecule has 1 aliphatic heterocycles. The second-order valence-electron chi connectivity index (χ2n) is 5.39. The molecule has 1 heterocycles. The maximum absolute atomic E-state index is 10.3. The number of rotatable bonds is 2. The van der Waals surface area contributed by atoms with E-state index in [1.54, 1.807) is 18.2 Å². The van der Waals surface area contributed by atoms with Crippen LogP contribution < -0.4 is 15.4 Å². The van der Waals surface area contributed by atoms with Gasteiger partial charge in [-0.15, -0.1) is 0 Å². The number of anilines is 1. The first-order chi connectivity index (χ1) is 12.2. The molecule has 0 unspecified atom stereocenters. The summed E-state index contributed by atoms with van der Waals surface area (Å²) in [6, 6.07) is 15.6. The second kappa shape index (κ2) is 7.35. The minimum atomic E-state index is -0.894. The fourth-order valence-electron chi connectivity index (χ4n) is 2.56. The van der Waals surface area contributed by atoms with Crippen molar-refractivity contribution < 1.29 is 9.84 Å². The Morgan fingerprint density at radius 1 is 1.20 bits per heavy atom. The molecule has 7 nitrogen and oxygen atoms in total. The maximum Gasteiger partial charge on any atom is 0.209 e. The molecule has 3 N–H and O–H groups in total. The largest absolute Gasteiger partial charge is 0.490 e. The van der Waals surface area contributed by atoms with E-state index in [9.17, 15) is 5.11 Å². The SMILES string of the molecule is N#CNC(=N[C@@H]1c2cc(C#N)ccc2OC[C@H]1O)Nc1ccccc1. The molecule has 1 aliphatic rings. The molecular formula is C18H15N5O2. The van der Waals surface area contributed by atoms with Crippen molar-refractivity contribution in [3.8, 4) is 18.0 Å². The summed E-state index contributed by atoms with van der Waals surface area (Å²) in [6.07, 6.45) is 0.936. The quantitative estimate of drug-likeness (QED) is 0.335. The number of hydrogen-bond acceptors (Lipinski definition) is 5. The smallest absolute Gasteiger partial charge is 0.209 e. The number of ether oxygens (including phenoxy) is 1. The lowest BCUT2D eigenvalue weighted by molar-refractivity contribution is 0.0685. The first-order valence-corrected chi connectivity index (χ1v) is 7.61. The summed E-state index contributed by atoms with van der Waals surface area (Å²) in [4.78, 5) is 4.45. The molecule has 0 bridgehead atoms. The van der Waals surface area contributed by atoms with Crippen LogP contribution in [0.5, 0.6) is 5.75 Å². The summed E-state index contributed by atoms with van der Waals surface area (Å²) < 4.78 is 5.49. The Morgan fingerprint density at radius 3 is 2.72 bits per heavy atom. The van der Waals surface area contributed by atoms with Crippen LogP contribution in [0.25, 0.3) is 0 Å². The number of para-hydroxylation sites is 1. The zero-order valence-corrected chi connectivity index (χ0v) is 13.2. The fraction of sp³-hybridized carbons (Fsp3) is 0.167. The highest BCUT2D eigenvalue weighted by Gasteiger charge is 2.30. The molecule has 0 spiro atoms. The van der Waals surface area contributed by atoms with Crippen molar-refractivity contribution in [1.29, 1.82) is 10.5 Å². The number of aliphatic imine (C=N–C) groups is 1. The Kier molecular flexibility index (Phi) is 4.79. The Labute approximate surface area is 144 Å². The van der Waals surface area contributed by atoms with Crippen LogP contribution in [0.15, 0.2) is 53.5 Å². The maximum atomic E-state index is 10.3. The number of nitrogens with zero attached hydrogens (tertiary/aromatic N) is 3. The monoisotopic (exact) mass is 333 g/mol. The highest BCUT2D eigenvalue weighted by atomic mass is 16.5. The predicted octanol–water partition coefficient (Wildman–Crippen LogP) is 1.89. The Balaban J connectivity index is 1.97. The zero-order chi connectivity index (χ0) is 17.6. The fourth-order valence-corrected chi connectivity index (χ4v) is 2.56. The summed E-state index contributed by atoms with van der Waals surface area (Å²) in [7, 11) is 0. The third kappa shape index (κ3) is 3.69. The second-order valence-corrected chi connectivity index (χ2v) is 5.39. The van der Waals surface area contributed by atoms with Crippen molar-refractivity contribution in [3.63, 3.8) is 0 Å². The summed E-state index contributed by atoms with van der Waals surface area (Å²) in [6.45, 7) is 0.0816. The number of fused-ring (bicyclic) bond motifs is 1. The molecule has 2 atom stereocenters. The van der Waals surface area contributed by atoms with E-state index in [0.29, 0.717) is 16.9 Å². The summed E-state index contributed by atoms with van der Waals surface area (Å²) in [5, 5.41) is 33.9. The number of hydrogen-bond donors (Lipinski definition) is 3. The molecule has 0 amide bonds. The molecule has 124 valence electrons. The average Bonchev–Trinajstić information content (AvgIpc) is 2.64. The van der Waals surface area contributed by atoms with E-state index < -0.39 is 12.1 Å². The zero-order valence-electron chi connectivity index (χ0n) is 13.2. The van der Waals surface area contributed by atoms with E-state index >= 15 is 0 Å². The van der Waals surface area contributed by atoms with Gasteiger partial charge in [-0.3, -0.25) is 5.32 Å². The Bertz CT molecular complexity index is 867. The van der Waals surface area contributed by atoms with Gasteiger partial charge in [-0.1, -0.05) is 18.2 Å². The lowest BCUT2D eigenvalue weighted by atomic mass is 9.97. The molecule has 0 radical (unpaired) electrons. The van der Waals surface area contributed by atoms with Crippen LogP contribution in [0, 0.1) is 22.8 Å². The molecule has 0 fully saturated rings. The van der Waals surface area contributed by atoms with Gasteiger partial charge in [-0.2, -0.15) is 10.5 Å². The molecule has 0 saturated heterocycles. The van der Waals surface area contributed by atoms with Gasteiger partial charge < -0.3 is 15.2 Å². The van der Waals surface area contributed by atoms with Crippen LogP contribution in [0.4, 0.5) is 5.69 Å². The number of nitrogens with one attached hydrogen (secondary N) is 2. The molecule has 25 heavy (non-hydrogen) atoms. The molecule has 0 aliphatic carbocycles. The molecular weight excluding hydrogens is 318 g/mol. The van der Waals surface area contributed by atoms with Gasteiger partial charge >= 0.3 is 0 Å². The van der Waals surface area contributed by atoms with E-state index in [4.69, 9.17) is 15.3 Å². The highest BCUT2D eigenvalue weighted by molar-refractivity contribution is 5.94. The number of benzene rings is 2. The van der Waals surface area contributed by atoms with Crippen molar-refractivity contribution in [3.05, 3.63) is 59.7 Å². The summed E-state index contributed by atoms with van der Waals surface area (Å²) in [5.41, 5.74) is 1.80.